The van der Waals surface area contributed by atoms with Crippen LogP contribution < -0.4 is 5.73 Å². The highest BCUT2D eigenvalue weighted by Gasteiger charge is 2.45. The van der Waals surface area contributed by atoms with E-state index in [0.29, 0.717) is 6.42 Å². The predicted octanol–water partition coefficient (Wildman–Crippen LogP) is 1.40. The molecule has 0 radical (unpaired) electrons. The summed E-state index contributed by atoms with van der Waals surface area (Å²) in [6.07, 6.45) is 2.53. The SMILES string of the molecule is CSCCC(N)(C(=O)O)[Si](C)(C)C. The fourth-order valence-corrected chi connectivity index (χ4v) is 3.29. The maximum Gasteiger partial charge on any atom is 0.320 e. The van der Waals surface area contributed by atoms with Crippen LogP contribution in [0.5, 0.6) is 0 Å². The zero-order valence-electron chi connectivity index (χ0n) is 8.76. The van der Waals surface area contributed by atoms with Gasteiger partial charge in [0.15, 0.2) is 0 Å². The Labute approximate surface area is 85.1 Å². The van der Waals surface area contributed by atoms with Crippen LogP contribution in [-0.2, 0) is 4.79 Å². The largest absolute Gasteiger partial charge is 0.480 e. The van der Waals surface area contributed by atoms with Crippen molar-refractivity contribution >= 4 is 25.8 Å². The third kappa shape index (κ3) is 3.00. The second kappa shape index (κ2) is 4.48. The van der Waals surface area contributed by atoms with Crippen molar-refractivity contribution in [3.05, 3.63) is 0 Å². The van der Waals surface area contributed by atoms with E-state index in [-0.39, 0.29) is 0 Å². The van der Waals surface area contributed by atoms with Gasteiger partial charge in [-0.05, 0) is 18.4 Å². The second-order valence-corrected chi connectivity index (χ2v) is 10.6. The third-order valence-corrected chi connectivity index (χ3v) is 6.17. The molecule has 0 heterocycles. The van der Waals surface area contributed by atoms with Crippen LogP contribution in [-0.4, -0.2) is 36.3 Å². The van der Waals surface area contributed by atoms with Crippen LogP contribution >= 0.6 is 11.8 Å². The van der Waals surface area contributed by atoms with E-state index in [4.69, 9.17) is 10.8 Å². The topological polar surface area (TPSA) is 63.3 Å². The number of hydrogen-bond donors (Lipinski definition) is 2. The molecule has 0 aromatic heterocycles. The fraction of sp³-hybridized carbons (Fsp3) is 0.875. The van der Waals surface area contributed by atoms with Gasteiger partial charge < -0.3 is 10.8 Å². The molecule has 13 heavy (non-hydrogen) atoms. The van der Waals surface area contributed by atoms with E-state index in [1.54, 1.807) is 11.8 Å². The molecule has 1 unspecified atom stereocenters. The lowest BCUT2D eigenvalue weighted by molar-refractivity contribution is -0.140. The third-order valence-electron chi connectivity index (χ3n) is 2.42. The molecule has 78 valence electrons. The molecule has 0 aliphatic carbocycles. The number of nitrogens with two attached hydrogens (primary N) is 1. The van der Waals surface area contributed by atoms with E-state index in [0.717, 1.165) is 5.75 Å². The van der Waals surface area contributed by atoms with Gasteiger partial charge in [-0.15, -0.1) is 0 Å². The van der Waals surface area contributed by atoms with E-state index < -0.39 is 19.2 Å². The molecule has 0 saturated heterocycles. The Bertz CT molecular complexity index is 193. The molecule has 5 heteroatoms. The summed E-state index contributed by atoms with van der Waals surface area (Å²) >= 11 is 1.64. The highest BCUT2D eigenvalue weighted by molar-refractivity contribution is 7.98. The smallest absolute Gasteiger partial charge is 0.320 e. The number of thioether (sulfide) groups is 1. The number of aliphatic carboxylic acids is 1. The number of carboxylic acids is 1. The van der Waals surface area contributed by atoms with Gasteiger partial charge in [0.1, 0.15) is 5.16 Å². The Morgan fingerprint density at radius 1 is 1.54 bits per heavy atom. The lowest BCUT2D eigenvalue weighted by Gasteiger charge is -2.36. The van der Waals surface area contributed by atoms with Crippen LogP contribution in [0, 0.1) is 0 Å². The lowest BCUT2D eigenvalue weighted by Crippen LogP contribution is -2.65. The van der Waals surface area contributed by atoms with Gasteiger partial charge in [0.25, 0.3) is 0 Å². The molecule has 0 fully saturated rings. The van der Waals surface area contributed by atoms with E-state index in [1.807, 2.05) is 25.9 Å². The molecule has 0 aliphatic rings. The van der Waals surface area contributed by atoms with E-state index >= 15 is 0 Å². The summed E-state index contributed by atoms with van der Waals surface area (Å²) in [5.74, 6) is -0.0340. The summed E-state index contributed by atoms with van der Waals surface area (Å²) in [4.78, 5) is 11.1. The van der Waals surface area contributed by atoms with E-state index in [9.17, 15) is 4.79 Å². The minimum absolute atomic E-state index is 0.569. The van der Waals surface area contributed by atoms with Crippen LogP contribution in [0.25, 0.3) is 0 Å². The number of hydrogen-bond acceptors (Lipinski definition) is 3. The molecule has 0 amide bonds. The van der Waals surface area contributed by atoms with Gasteiger partial charge in [0.05, 0.1) is 8.07 Å². The van der Waals surface area contributed by atoms with Gasteiger partial charge in [0, 0.05) is 0 Å². The Morgan fingerprint density at radius 2 is 2.00 bits per heavy atom. The first kappa shape index (κ1) is 13.0. The van der Waals surface area contributed by atoms with Crippen molar-refractivity contribution in [2.24, 2.45) is 5.73 Å². The maximum atomic E-state index is 11.1. The Kier molecular flexibility index (Phi) is 4.48. The summed E-state index contributed by atoms with van der Waals surface area (Å²) in [6.45, 7) is 6.00. The summed E-state index contributed by atoms with van der Waals surface area (Å²) in [7, 11) is -1.85. The Hall–Kier alpha value is -0.00312. The molecule has 3 nitrogen and oxygen atoms in total. The predicted molar refractivity (Wildman–Crippen MR) is 60.9 cm³/mol. The first-order valence-electron chi connectivity index (χ1n) is 4.27. The molecule has 0 aromatic carbocycles. The van der Waals surface area contributed by atoms with Crippen LogP contribution in [0.15, 0.2) is 0 Å². The summed E-state index contributed by atoms with van der Waals surface area (Å²) in [6, 6.07) is 0. The molecule has 0 saturated carbocycles. The van der Waals surface area contributed by atoms with Gasteiger partial charge >= 0.3 is 5.97 Å². The van der Waals surface area contributed by atoms with Crippen LogP contribution in [0.3, 0.4) is 0 Å². The average Bonchev–Trinajstić information content (AvgIpc) is 1.97. The summed E-state index contributed by atoms with van der Waals surface area (Å²) in [5, 5.41) is 8.12. The Morgan fingerprint density at radius 3 is 2.23 bits per heavy atom. The fourth-order valence-electron chi connectivity index (χ4n) is 1.07. The lowest BCUT2D eigenvalue weighted by atomic mass is 10.2. The molecule has 1 atom stereocenters. The molecular formula is C8H19NO2SSi. The van der Waals surface area contributed by atoms with Crippen LogP contribution in [0.2, 0.25) is 19.6 Å². The van der Waals surface area contributed by atoms with Crippen LogP contribution in [0.1, 0.15) is 6.42 Å². The zero-order chi connectivity index (χ0) is 10.7. The summed E-state index contributed by atoms with van der Waals surface area (Å²) < 4.78 is 0. The van der Waals surface area contributed by atoms with Crippen LogP contribution in [0.4, 0.5) is 0 Å². The van der Waals surface area contributed by atoms with Crippen molar-refractivity contribution in [3.8, 4) is 0 Å². The normalized spacial score (nSPS) is 16.7. The van der Waals surface area contributed by atoms with Crippen molar-refractivity contribution in [2.45, 2.75) is 31.2 Å². The van der Waals surface area contributed by atoms with Gasteiger partial charge in [-0.1, -0.05) is 19.6 Å². The molecular weight excluding hydrogens is 202 g/mol. The standard InChI is InChI=1S/C8H19NO2SSi/c1-12-6-5-8(9,7(10)11)13(2,3)4/h5-6,9H2,1-4H3,(H,10,11). The maximum absolute atomic E-state index is 11.1. The number of rotatable bonds is 5. The van der Waals surface area contributed by atoms with Gasteiger partial charge in [0.2, 0.25) is 0 Å². The van der Waals surface area contributed by atoms with E-state index in [1.165, 1.54) is 0 Å². The highest BCUT2D eigenvalue weighted by Crippen LogP contribution is 2.23. The van der Waals surface area contributed by atoms with Gasteiger partial charge in [-0.3, -0.25) is 4.79 Å². The second-order valence-electron chi connectivity index (χ2n) is 4.27. The first-order chi connectivity index (χ1) is 5.75. The average molecular weight is 221 g/mol. The number of carbonyl (C=O) groups is 1. The molecule has 0 aromatic rings. The quantitative estimate of drug-likeness (QED) is 0.689. The first-order valence-corrected chi connectivity index (χ1v) is 9.16. The van der Waals surface area contributed by atoms with Crippen molar-refractivity contribution in [2.75, 3.05) is 12.0 Å². The van der Waals surface area contributed by atoms with Crippen molar-refractivity contribution in [1.29, 1.82) is 0 Å². The van der Waals surface area contributed by atoms with Crippen molar-refractivity contribution in [3.63, 3.8) is 0 Å². The van der Waals surface area contributed by atoms with Crippen molar-refractivity contribution in [1.82, 2.24) is 0 Å². The zero-order valence-corrected chi connectivity index (χ0v) is 10.6. The van der Waals surface area contributed by atoms with E-state index in [2.05, 4.69) is 0 Å². The molecule has 0 spiro atoms. The molecule has 0 bridgehead atoms. The highest BCUT2D eigenvalue weighted by atomic mass is 32.2. The summed E-state index contributed by atoms with van der Waals surface area (Å²) in [5.41, 5.74) is 5.95. The minimum Gasteiger partial charge on any atom is -0.480 e. The minimum atomic E-state index is -1.85. The molecule has 0 aliphatic heterocycles. The molecule has 0 rings (SSSR count). The Balaban J connectivity index is 4.64. The van der Waals surface area contributed by atoms with Gasteiger partial charge in [-0.2, -0.15) is 11.8 Å². The van der Waals surface area contributed by atoms with Gasteiger partial charge in [-0.25, -0.2) is 0 Å². The molecule has 3 N–H and O–H groups in total. The number of carboxylic acid groups (broad SMARTS) is 1. The monoisotopic (exact) mass is 221 g/mol. The van der Waals surface area contributed by atoms with Crippen molar-refractivity contribution < 1.29 is 9.90 Å².